The summed E-state index contributed by atoms with van der Waals surface area (Å²) < 4.78 is 11.0. The molecule has 3 fully saturated rings. The van der Waals surface area contributed by atoms with Gasteiger partial charge in [0.25, 0.3) is 0 Å². The van der Waals surface area contributed by atoms with Gasteiger partial charge >= 0.3 is 11.9 Å². The summed E-state index contributed by atoms with van der Waals surface area (Å²) in [5, 5.41) is 9.99. The quantitative estimate of drug-likeness (QED) is 0.278. The van der Waals surface area contributed by atoms with E-state index in [0.717, 1.165) is 103 Å². The van der Waals surface area contributed by atoms with Crippen LogP contribution in [0.4, 0.5) is 0 Å². The Morgan fingerprint density at radius 1 is 0.649 bits per heavy atom. The SMILES string of the molecule is CN1C(C)(C)CNCC1(C)C.O=C(CCCCCCCCC(=O)OC1CCNCC1)OC1CCNCC1. The van der Waals surface area contributed by atoms with Crippen molar-refractivity contribution in [2.75, 3.05) is 46.3 Å². The number of piperazine rings is 1. The van der Waals surface area contributed by atoms with E-state index in [9.17, 15) is 9.59 Å². The van der Waals surface area contributed by atoms with Crippen LogP contribution in [0.15, 0.2) is 0 Å². The Morgan fingerprint density at radius 3 is 1.35 bits per heavy atom. The third-order valence-electron chi connectivity index (χ3n) is 8.11. The van der Waals surface area contributed by atoms with E-state index in [1.807, 2.05) is 0 Å². The van der Waals surface area contributed by atoms with Gasteiger partial charge in [-0.2, -0.15) is 0 Å². The molecular formula is C29H56N4O4. The Labute approximate surface area is 226 Å². The highest BCUT2D eigenvalue weighted by Crippen LogP contribution is 2.25. The number of unbranched alkanes of at least 4 members (excludes halogenated alkanes) is 5. The number of hydrogen-bond acceptors (Lipinski definition) is 8. The summed E-state index contributed by atoms with van der Waals surface area (Å²) in [6.07, 6.45) is 11.2. The van der Waals surface area contributed by atoms with Crippen molar-refractivity contribution in [1.29, 1.82) is 0 Å². The van der Waals surface area contributed by atoms with Gasteiger partial charge in [-0.15, -0.1) is 0 Å². The summed E-state index contributed by atoms with van der Waals surface area (Å²) >= 11 is 0. The maximum Gasteiger partial charge on any atom is 0.306 e. The predicted molar refractivity (Wildman–Crippen MR) is 150 cm³/mol. The molecule has 0 atom stereocenters. The lowest BCUT2D eigenvalue weighted by atomic mass is 9.90. The average molecular weight is 525 g/mol. The number of nitrogens with zero attached hydrogens (tertiary/aromatic N) is 1. The highest BCUT2D eigenvalue weighted by atomic mass is 16.5. The van der Waals surface area contributed by atoms with E-state index in [-0.39, 0.29) is 24.1 Å². The number of likely N-dealkylation sites (N-methyl/N-ethyl adjacent to an activating group) is 1. The van der Waals surface area contributed by atoms with Gasteiger partial charge < -0.3 is 25.4 Å². The summed E-state index contributed by atoms with van der Waals surface area (Å²) in [7, 11) is 2.21. The first-order valence-corrected chi connectivity index (χ1v) is 14.9. The average Bonchev–Trinajstić information content (AvgIpc) is 2.86. The number of ether oxygens (including phenoxy) is 2. The molecule has 0 aromatic rings. The maximum absolute atomic E-state index is 11.8. The van der Waals surface area contributed by atoms with Crippen LogP contribution in [-0.2, 0) is 19.1 Å². The molecule has 0 bridgehead atoms. The first kappa shape index (κ1) is 32.0. The van der Waals surface area contributed by atoms with Gasteiger partial charge in [0.1, 0.15) is 12.2 Å². The van der Waals surface area contributed by atoms with Crippen LogP contribution in [0.5, 0.6) is 0 Å². The first-order valence-electron chi connectivity index (χ1n) is 14.9. The molecule has 0 aromatic heterocycles. The summed E-state index contributed by atoms with van der Waals surface area (Å²) in [6.45, 7) is 15.1. The van der Waals surface area contributed by atoms with Gasteiger partial charge in [-0.05, 0) is 99.4 Å². The number of nitrogens with one attached hydrogen (secondary N) is 3. The Balaban J connectivity index is 0.000000364. The minimum absolute atomic E-state index is 0.0439. The normalized spacial score (nSPS) is 22.5. The summed E-state index contributed by atoms with van der Waals surface area (Å²) in [4.78, 5) is 26.0. The molecule has 0 saturated carbocycles. The fraction of sp³-hybridized carbons (Fsp3) is 0.931. The number of rotatable bonds is 11. The Morgan fingerprint density at radius 2 is 1.00 bits per heavy atom. The molecule has 3 heterocycles. The fourth-order valence-electron chi connectivity index (χ4n) is 5.29. The number of carbonyl (C=O) groups excluding carboxylic acids is 2. The second-order valence-corrected chi connectivity index (χ2v) is 12.3. The van der Waals surface area contributed by atoms with Crippen molar-refractivity contribution >= 4 is 11.9 Å². The molecule has 3 rings (SSSR count). The van der Waals surface area contributed by atoms with E-state index >= 15 is 0 Å². The minimum Gasteiger partial charge on any atom is -0.462 e. The number of hydrogen-bond donors (Lipinski definition) is 3. The third kappa shape index (κ3) is 12.9. The molecule has 37 heavy (non-hydrogen) atoms. The summed E-state index contributed by atoms with van der Waals surface area (Å²) in [6, 6.07) is 0. The summed E-state index contributed by atoms with van der Waals surface area (Å²) in [5.41, 5.74) is 0.587. The van der Waals surface area contributed by atoms with E-state index in [1.165, 1.54) is 0 Å². The number of carbonyl (C=O) groups is 2. The van der Waals surface area contributed by atoms with Crippen LogP contribution in [0.25, 0.3) is 0 Å². The standard InChI is InChI=1S/C20H36N2O4.C9H20N2/c23-19(25-17-9-13-21-14-10-17)7-5-3-1-2-4-6-8-20(24)26-18-11-15-22-16-12-18;1-8(2)6-10-7-9(3,4)11(8)5/h17-18,21-22H,1-16H2;10H,6-7H2,1-5H3. The fourth-order valence-corrected chi connectivity index (χ4v) is 5.29. The molecule has 3 N–H and O–H groups in total. The van der Waals surface area contributed by atoms with Crippen molar-refractivity contribution in [3.05, 3.63) is 0 Å². The monoisotopic (exact) mass is 524 g/mol. The van der Waals surface area contributed by atoms with E-state index in [1.54, 1.807) is 0 Å². The van der Waals surface area contributed by atoms with Crippen molar-refractivity contribution in [1.82, 2.24) is 20.9 Å². The van der Waals surface area contributed by atoms with Crippen LogP contribution >= 0.6 is 0 Å². The van der Waals surface area contributed by atoms with E-state index in [4.69, 9.17) is 9.47 Å². The lowest BCUT2D eigenvalue weighted by molar-refractivity contribution is -0.151. The molecule has 8 heteroatoms. The molecule has 3 aliphatic rings. The lowest BCUT2D eigenvalue weighted by Crippen LogP contribution is -2.66. The maximum atomic E-state index is 11.8. The predicted octanol–water partition coefficient (Wildman–Crippen LogP) is 3.78. The smallest absolute Gasteiger partial charge is 0.306 e. The summed E-state index contributed by atoms with van der Waals surface area (Å²) in [5.74, 6) is -0.0879. The van der Waals surface area contributed by atoms with Gasteiger partial charge in [-0.3, -0.25) is 14.5 Å². The molecule has 0 amide bonds. The van der Waals surface area contributed by atoms with Crippen molar-refractivity contribution < 1.29 is 19.1 Å². The molecule has 0 spiro atoms. The topological polar surface area (TPSA) is 91.9 Å². The third-order valence-corrected chi connectivity index (χ3v) is 8.11. The van der Waals surface area contributed by atoms with E-state index < -0.39 is 0 Å². The Hall–Kier alpha value is -1.22. The first-order chi connectivity index (χ1) is 17.6. The number of piperidine rings is 2. The highest BCUT2D eigenvalue weighted by molar-refractivity contribution is 5.69. The van der Waals surface area contributed by atoms with Crippen molar-refractivity contribution in [2.24, 2.45) is 0 Å². The Kier molecular flexibility index (Phi) is 14.4. The number of esters is 2. The Bertz CT molecular complexity index is 604. The molecule has 216 valence electrons. The van der Waals surface area contributed by atoms with Gasteiger partial charge in [0.05, 0.1) is 0 Å². The van der Waals surface area contributed by atoms with E-state index in [2.05, 4.69) is 55.6 Å². The van der Waals surface area contributed by atoms with Crippen LogP contribution in [0.2, 0.25) is 0 Å². The van der Waals surface area contributed by atoms with Crippen molar-refractivity contribution in [2.45, 2.75) is 128 Å². The molecule has 0 aliphatic carbocycles. The van der Waals surface area contributed by atoms with Gasteiger partial charge in [-0.25, -0.2) is 0 Å². The molecule has 0 aromatic carbocycles. The minimum atomic E-state index is -0.0439. The largest absolute Gasteiger partial charge is 0.462 e. The molecule has 3 aliphatic heterocycles. The van der Waals surface area contributed by atoms with Gasteiger partial charge in [-0.1, -0.05) is 25.7 Å². The van der Waals surface area contributed by atoms with Crippen LogP contribution in [0, 0.1) is 0 Å². The zero-order valence-electron chi connectivity index (χ0n) is 24.5. The highest BCUT2D eigenvalue weighted by Gasteiger charge is 2.38. The van der Waals surface area contributed by atoms with Crippen LogP contribution < -0.4 is 16.0 Å². The van der Waals surface area contributed by atoms with Crippen LogP contribution in [0.1, 0.15) is 105 Å². The molecule has 0 unspecified atom stereocenters. The van der Waals surface area contributed by atoms with Crippen LogP contribution in [0.3, 0.4) is 0 Å². The van der Waals surface area contributed by atoms with E-state index in [0.29, 0.717) is 23.9 Å². The molecule has 0 radical (unpaired) electrons. The van der Waals surface area contributed by atoms with Crippen molar-refractivity contribution in [3.8, 4) is 0 Å². The zero-order valence-corrected chi connectivity index (χ0v) is 24.5. The second kappa shape index (κ2) is 16.7. The zero-order chi connectivity index (χ0) is 27.2. The van der Waals surface area contributed by atoms with Crippen LogP contribution in [-0.4, -0.2) is 86.4 Å². The van der Waals surface area contributed by atoms with Gasteiger partial charge in [0.2, 0.25) is 0 Å². The lowest BCUT2D eigenvalue weighted by Gasteiger charge is -2.51. The van der Waals surface area contributed by atoms with Gasteiger partial charge in [0.15, 0.2) is 0 Å². The molecule has 3 saturated heterocycles. The molecular weight excluding hydrogens is 468 g/mol. The van der Waals surface area contributed by atoms with Crippen molar-refractivity contribution in [3.63, 3.8) is 0 Å². The second-order valence-electron chi connectivity index (χ2n) is 12.3. The molecule has 8 nitrogen and oxygen atoms in total. The van der Waals surface area contributed by atoms with Gasteiger partial charge in [0, 0.05) is 37.0 Å².